The van der Waals surface area contributed by atoms with Crippen molar-refractivity contribution in [1.82, 2.24) is 15.1 Å². The molecule has 0 aromatic carbocycles. The Bertz CT molecular complexity index is 369. The van der Waals surface area contributed by atoms with Crippen LogP contribution in [0.5, 0.6) is 0 Å². The minimum Gasteiger partial charge on any atom is -0.378 e. The highest BCUT2D eigenvalue weighted by Gasteiger charge is 2.36. The van der Waals surface area contributed by atoms with Gasteiger partial charge in [0.05, 0.1) is 13.2 Å². The molecule has 2 fully saturated rings. The summed E-state index contributed by atoms with van der Waals surface area (Å²) in [5, 5.41) is 3.25. The topological polar surface area (TPSA) is 61.9 Å². The molecule has 2 atom stereocenters. The van der Waals surface area contributed by atoms with Gasteiger partial charge in [-0.25, -0.2) is 0 Å². The summed E-state index contributed by atoms with van der Waals surface area (Å²) < 4.78 is 5.28. The van der Waals surface area contributed by atoms with E-state index in [0.717, 1.165) is 19.4 Å². The zero-order chi connectivity index (χ0) is 15.2. The molecule has 2 unspecified atom stereocenters. The summed E-state index contributed by atoms with van der Waals surface area (Å²) in [6, 6.07) is -0.105. The second kappa shape index (κ2) is 7.75. The lowest BCUT2D eigenvalue weighted by atomic mass is 10.1. The highest BCUT2D eigenvalue weighted by molar-refractivity contribution is 5.88. The summed E-state index contributed by atoms with van der Waals surface area (Å²) in [6.07, 6.45) is 2.17. The van der Waals surface area contributed by atoms with E-state index in [9.17, 15) is 9.59 Å². The average molecular weight is 297 g/mol. The van der Waals surface area contributed by atoms with E-state index in [2.05, 4.69) is 5.32 Å². The fourth-order valence-electron chi connectivity index (χ4n) is 3.12. The number of nitrogens with one attached hydrogen (secondary N) is 1. The van der Waals surface area contributed by atoms with E-state index in [4.69, 9.17) is 4.74 Å². The summed E-state index contributed by atoms with van der Waals surface area (Å²) in [7, 11) is 0. The van der Waals surface area contributed by atoms with Crippen molar-refractivity contribution in [2.24, 2.45) is 0 Å². The number of rotatable bonds is 5. The molecule has 6 nitrogen and oxygen atoms in total. The molecule has 0 aromatic heterocycles. The lowest BCUT2D eigenvalue weighted by Crippen LogP contribution is -2.51. The fourth-order valence-corrected chi connectivity index (χ4v) is 3.12. The Hall–Kier alpha value is -1.14. The fraction of sp³-hybridized carbons (Fsp3) is 0.867. The van der Waals surface area contributed by atoms with Gasteiger partial charge in [0.1, 0.15) is 6.04 Å². The third-order valence-electron chi connectivity index (χ3n) is 4.21. The highest BCUT2D eigenvalue weighted by atomic mass is 16.5. The van der Waals surface area contributed by atoms with E-state index < -0.39 is 0 Å². The molecule has 2 rings (SSSR count). The van der Waals surface area contributed by atoms with Gasteiger partial charge in [-0.05, 0) is 26.3 Å². The van der Waals surface area contributed by atoms with Crippen LogP contribution in [0.1, 0.15) is 33.1 Å². The van der Waals surface area contributed by atoms with Crippen LogP contribution in [0.2, 0.25) is 0 Å². The first-order valence-electron chi connectivity index (χ1n) is 8.03. The van der Waals surface area contributed by atoms with Gasteiger partial charge >= 0.3 is 0 Å². The molecule has 6 heteroatoms. The number of ether oxygens (including phenoxy) is 1. The first-order chi connectivity index (χ1) is 10.1. The molecule has 2 aliphatic rings. The van der Waals surface area contributed by atoms with Crippen LogP contribution in [0.4, 0.5) is 0 Å². The summed E-state index contributed by atoms with van der Waals surface area (Å²) >= 11 is 0. The summed E-state index contributed by atoms with van der Waals surface area (Å²) in [4.78, 5) is 28.6. The Labute approximate surface area is 126 Å². The lowest BCUT2D eigenvalue weighted by molar-refractivity contribution is -0.146. The number of carbonyl (C=O) groups excluding carboxylic acids is 2. The Morgan fingerprint density at radius 3 is 2.67 bits per heavy atom. The van der Waals surface area contributed by atoms with Crippen LogP contribution < -0.4 is 5.32 Å². The third-order valence-corrected chi connectivity index (χ3v) is 4.21. The maximum Gasteiger partial charge on any atom is 0.245 e. The van der Waals surface area contributed by atoms with Gasteiger partial charge in [0.15, 0.2) is 0 Å². The van der Waals surface area contributed by atoms with Gasteiger partial charge in [-0.3, -0.25) is 9.59 Å². The number of hydrogen-bond acceptors (Lipinski definition) is 4. The standard InChI is InChI=1S/C15H27N3O3/c1-3-16-12(2)11-14(19)18-6-4-5-13(18)15(20)17-7-9-21-10-8-17/h12-13,16H,3-11H2,1-2H3. The number of likely N-dealkylation sites (tertiary alicyclic amines) is 1. The van der Waals surface area contributed by atoms with E-state index in [-0.39, 0.29) is 23.9 Å². The van der Waals surface area contributed by atoms with Crippen LogP contribution >= 0.6 is 0 Å². The van der Waals surface area contributed by atoms with Crippen LogP contribution in [0.15, 0.2) is 0 Å². The van der Waals surface area contributed by atoms with Crippen LogP contribution in [0.25, 0.3) is 0 Å². The molecule has 2 saturated heterocycles. The molecular formula is C15H27N3O3. The SMILES string of the molecule is CCNC(C)CC(=O)N1CCCC1C(=O)N1CCOCC1. The molecule has 0 bridgehead atoms. The van der Waals surface area contributed by atoms with Crippen LogP contribution in [-0.2, 0) is 14.3 Å². The zero-order valence-corrected chi connectivity index (χ0v) is 13.1. The van der Waals surface area contributed by atoms with E-state index in [1.165, 1.54) is 0 Å². The summed E-state index contributed by atoms with van der Waals surface area (Å²) in [5.41, 5.74) is 0. The summed E-state index contributed by atoms with van der Waals surface area (Å²) in [5.74, 6) is 0.188. The number of morpholine rings is 1. The van der Waals surface area contributed by atoms with Gasteiger partial charge < -0.3 is 19.9 Å². The van der Waals surface area contributed by atoms with E-state index >= 15 is 0 Å². The molecule has 0 saturated carbocycles. The van der Waals surface area contributed by atoms with Crippen molar-refractivity contribution in [3.8, 4) is 0 Å². The molecular weight excluding hydrogens is 270 g/mol. The van der Waals surface area contributed by atoms with E-state index in [0.29, 0.717) is 39.3 Å². The van der Waals surface area contributed by atoms with E-state index in [1.807, 2.05) is 18.7 Å². The second-order valence-electron chi connectivity index (χ2n) is 5.85. The van der Waals surface area contributed by atoms with Gasteiger partial charge in [0, 0.05) is 32.1 Å². The first-order valence-corrected chi connectivity index (χ1v) is 8.03. The highest BCUT2D eigenvalue weighted by Crippen LogP contribution is 2.21. The van der Waals surface area contributed by atoms with Gasteiger partial charge in [-0.2, -0.15) is 0 Å². The number of nitrogens with zero attached hydrogens (tertiary/aromatic N) is 2. The predicted molar refractivity (Wildman–Crippen MR) is 79.9 cm³/mol. The van der Waals surface area contributed by atoms with E-state index in [1.54, 1.807) is 4.90 Å². The molecule has 0 radical (unpaired) electrons. The van der Waals surface area contributed by atoms with Gasteiger partial charge in [-0.1, -0.05) is 6.92 Å². The van der Waals surface area contributed by atoms with Crippen LogP contribution in [-0.4, -0.2) is 73.1 Å². The maximum atomic E-state index is 12.6. The van der Waals surface area contributed by atoms with Crippen molar-refractivity contribution >= 4 is 11.8 Å². The van der Waals surface area contributed by atoms with Gasteiger partial charge in [0.2, 0.25) is 11.8 Å². The smallest absolute Gasteiger partial charge is 0.245 e. The predicted octanol–water partition coefficient (Wildman–Crippen LogP) is 0.224. The van der Waals surface area contributed by atoms with Gasteiger partial charge in [-0.15, -0.1) is 0 Å². The zero-order valence-electron chi connectivity index (χ0n) is 13.1. The Morgan fingerprint density at radius 1 is 1.29 bits per heavy atom. The van der Waals surface area contributed by atoms with Crippen LogP contribution in [0, 0.1) is 0 Å². The molecule has 2 heterocycles. The number of amides is 2. The number of hydrogen-bond donors (Lipinski definition) is 1. The molecule has 0 aliphatic carbocycles. The normalized spacial score (nSPS) is 24.2. The molecule has 2 amide bonds. The van der Waals surface area contributed by atoms with Crippen molar-refractivity contribution < 1.29 is 14.3 Å². The van der Waals surface area contributed by atoms with Crippen molar-refractivity contribution in [2.45, 2.75) is 45.2 Å². The van der Waals surface area contributed by atoms with Crippen molar-refractivity contribution in [3.63, 3.8) is 0 Å². The molecule has 120 valence electrons. The van der Waals surface area contributed by atoms with Crippen molar-refractivity contribution in [1.29, 1.82) is 0 Å². The third kappa shape index (κ3) is 4.17. The molecule has 1 N–H and O–H groups in total. The molecule has 0 spiro atoms. The van der Waals surface area contributed by atoms with Crippen LogP contribution in [0.3, 0.4) is 0 Å². The minimum absolute atomic E-state index is 0.0903. The van der Waals surface area contributed by atoms with Gasteiger partial charge in [0.25, 0.3) is 0 Å². The maximum absolute atomic E-state index is 12.6. The van der Waals surface area contributed by atoms with Crippen molar-refractivity contribution in [3.05, 3.63) is 0 Å². The largest absolute Gasteiger partial charge is 0.378 e. The Balaban J connectivity index is 1.92. The Morgan fingerprint density at radius 2 is 2.00 bits per heavy atom. The first kappa shape index (κ1) is 16.2. The second-order valence-corrected chi connectivity index (χ2v) is 5.85. The number of carbonyl (C=O) groups is 2. The molecule has 0 aromatic rings. The summed E-state index contributed by atoms with van der Waals surface area (Å²) in [6.45, 7) is 8.09. The Kier molecular flexibility index (Phi) is 5.99. The monoisotopic (exact) mass is 297 g/mol. The molecule has 2 aliphatic heterocycles. The quantitative estimate of drug-likeness (QED) is 0.789. The lowest BCUT2D eigenvalue weighted by Gasteiger charge is -2.33. The van der Waals surface area contributed by atoms with Crippen molar-refractivity contribution in [2.75, 3.05) is 39.4 Å². The average Bonchev–Trinajstić information content (AvgIpc) is 2.97. The molecule has 21 heavy (non-hydrogen) atoms. The minimum atomic E-state index is -0.260.